The van der Waals surface area contributed by atoms with Crippen molar-refractivity contribution in [1.29, 1.82) is 0 Å². The molecule has 1 aliphatic heterocycles. The van der Waals surface area contributed by atoms with Gasteiger partial charge in [-0.1, -0.05) is 38.4 Å². The van der Waals surface area contributed by atoms with Crippen molar-refractivity contribution in [2.24, 2.45) is 23.2 Å². The van der Waals surface area contributed by atoms with E-state index in [9.17, 15) is 9.90 Å². The molecule has 1 amide bonds. The van der Waals surface area contributed by atoms with Gasteiger partial charge in [-0.2, -0.15) is 0 Å². The molecule has 1 aromatic heterocycles. The number of carbonyl (C=O) groups is 1. The minimum absolute atomic E-state index is 0.00746. The molecule has 0 spiro atoms. The molecule has 5 rings (SSSR count). The maximum Gasteiger partial charge on any atom is 0.223 e. The molecule has 208 valence electrons. The molecule has 2 fully saturated rings. The summed E-state index contributed by atoms with van der Waals surface area (Å²) in [7, 11) is 0. The van der Waals surface area contributed by atoms with Crippen molar-refractivity contribution >= 4 is 28.8 Å². The molecule has 1 aromatic carbocycles. The van der Waals surface area contributed by atoms with Gasteiger partial charge in [0.05, 0.1) is 25.0 Å². The quantitative estimate of drug-likeness (QED) is 0.493. The number of aliphatic hydroxyl groups excluding tert-OH is 1. The van der Waals surface area contributed by atoms with Crippen molar-refractivity contribution in [3.05, 3.63) is 44.9 Å². The lowest BCUT2D eigenvalue weighted by Gasteiger charge is -2.53. The van der Waals surface area contributed by atoms with Gasteiger partial charge in [0.25, 0.3) is 0 Å². The van der Waals surface area contributed by atoms with Crippen LogP contribution >= 0.6 is 22.9 Å². The maximum atomic E-state index is 13.1. The average molecular weight is 562 g/mol. The monoisotopic (exact) mass is 561 g/mol. The Morgan fingerprint density at radius 1 is 1.39 bits per heavy atom. The third-order valence-electron chi connectivity index (χ3n) is 9.01. The minimum atomic E-state index is -0.537. The van der Waals surface area contributed by atoms with Gasteiger partial charge in [0.2, 0.25) is 5.91 Å². The highest BCUT2D eigenvalue weighted by molar-refractivity contribution is 7.11. The fourth-order valence-corrected chi connectivity index (χ4v) is 8.34. The van der Waals surface area contributed by atoms with Crippen molar-refractivity contribution in [2.45, 2.75) is 58.7 Å². The van der Waals surface area contributed by atoms with Crippen LogP contribution in [0.2, 0.25) is 5.02 Å². The predicted molar refractivity (Wildman–Crippen MR) is 150 cm³/mol. The van der Waals surface area contributed by atoms with Crippen LogP contribution in [0.15, 0.2) is 24.3 Å². The molecular weight excluding hydrogens is 522 g/mol. The van der Waals surface area contributed by atoms with Gasteiger partial charge in [-0.05, 0) is 54.7 Å². The Labute approximate surface area is 234 Å². The fourth-order valence-electron chi connectivity index (χ4n) is 6.88. The number of aromatic nitrogens is 1. The van der Waals surface area contributed by atoms with E-state index in [2.05, 4.69) is 24.1 Å². The molecule has 2 aliphatic carbocycles. The zero-order valence-electron chi connectivity index (χ0n) is 22.6. The van der Waals surface area contributed by atoms with Crippen LogP contribution in [0, 0.1) is 23.2 Å². The molecule has 38 heavy (non-hydrogen) atoms. The number of ether oxygens (including phenoxy) is 2. The Morgan fingerprint density at radius 2 is 2.18 bits per heavy atom. The van der Waals surface area contributed by atoms with Crippen LogP contribution in [0.4, 0.5) is 0 Å². The summed E-state index contributed by atoms with van der Waals surface area (Å²) in [5.74, 6) is 0.684. The Bertz CT molecular complexity index is 1120. The number of amides is 1. The van der Waals surface area contributed by atoms with Crippen molar-refractivity contribution in [1.82, 2.24) is 15.2 Å². The second kappa shape index (κ2) is 11.8. The predicted octanol–water partition coefficient (Wildman–Crippen LogP) is 4.51. The Hall–Kier alpha value is -1.71. The van der Waals surface area contributed by atoms with Crippen LogP contribution in [-0.2, 0) is 22.6 Å². The number of carbonyl (C=O) groups excluding carboxylic acids is 1. The fraction of sp³-hybridized carbons (Fsp3) is 0.655. The highest BCUT2D eigenvalue weighted by atomic mass is 35.5. The van der Waals surface area contributed by atoms with Gasteiger partial charge >= 0.3 is 0 Å². The number of thiazole rings is 1. The van der Waals surface area contributed by atoms with E-state index in [-0.39, 0.29) is 35.0 Å². The van der Waals surface area contributed by atoms with E-state index in [1.807, 2.05) is 31.2 Å². The lowest BCUT2D eigenvalue weighted by Crippen LogP contribution is -2.53. The van der Waals surface area contributed by atoms with Crippen LogP contribution < -0.4 is 10.1 Å². The van der Waals surface area contributed by atoms with Gasteiger partial charge in [-0.25, -0.2) is 4.98 Å². The summed E-state index contributed by atoms with van der Waals surface area (Å²) < 4.78 is 11.4. The number of halogens is 1. The lowest BCUT2D eigenvalue weighted by molar-refractivity contribution is -0.134. The summed E-state index contributed by atoms with van der Waals surface area (Å²) in [5.41, 5.74) is 1.08. The van der Waals surface area contributed by atoms with Crippen molar-refractivity contribution in [3.8, 4) is 5.75 Å². The normalized spacial score (nSPS) is 30.2. The molecule has 6 atom stereocenters. The van der Waals surface area contributed by atoms with Gasteiger partial charge in [0.15, 0.2) is 0 Å². The largest absolute Gasteiger partial charge is 0.486 e. The number of nitrogens with one attached hydrogen (secondary N) is 1. The molecule has 9 heteroatoms. The Kier molecular flexibility index (Phi) is 8.65. The zero-order valence-corrected chi connectivity index (χ0v) is 24.2. The molecule has 0 radical (unpaired) electrons. The van der Waals surface area contributed by atoms with Gasteiger partial charge < -0.3 is 19.9 Å². The molecule has 1 saturated heterocycles. The van der Waals surface area contributed by atoms with Gasteiger partial charge in [0, 0.05) is 47.9 Å². The highest BCUT2D eigenvalue weighted by Gasteiger charge is 2.53. The summed E-state index contributed by atoms with van der Waals surface area (Å²) >= 11 is 7.81. The Balaban J connectivity index is 1.22. The number of hydrogen-bond acceptors (Lipinski definition) is 7. The molecule has 0 bridgehead atoms. The number of aliphatic hydroxyl groups is 1. The molecular formula is C29H40ClN3O4S. The summed E-state index contributed by atoms with van der Waals surface area (Å²) in [6.07, 6.45) is 2.24. The molecule has 3 aliphatic rings. The van der Waals surface area contributed by atoms with E-state index in [0.29, 0.717) is 18.2 Å². The standard InChI is InChI=1S/C29H40ClN3O4S/c1-18(28(35)31-9-10-33-11-13-36-14-12-33)22-7-8-29(3)16-23-26(19(2)25(29)27(22)34)32-24(38-23)17-37-21-6-4-5-20(30)15-21/h4-6,15,18-19,22,25,27,34H,7-14,16-17H2,1-3H3,(H,31,35)/t18-,19-,22?,25+,27-,29-/m0/s1. The summed E-state index contributed by atoms with van der Waals surface area (Å²) in [5, 5.41) is 16.4. The maximum absolute atomic E-state index is 13.1. The van der Waals surface area contributed by atoms with E-state index in [1.165, 1.54) is 4.88 Å². The van der Waals surface area contributed by atoms with E-state index >= 15 is 0 Å². The number of nitrogens with zero attached hydrogens (tertiary/aromatic N) is 2. The van der Waals surface area contributed by atoms with E-state index in [4.69, 9.17) is 26.1 Å². The number of morpholine rings is 1. The third-order valence-corrected chi connectivity index (χ3v) is 10.3. The molecule has 7 nitrogen and oxygen atoms in total. The second-order valence-electron chi connectivity index (χ2n) is 11.5. The van der Waals surface area contributed by atoms with Crippen LogP contribution in [0.5, 0.6) is 5.75 Å². The number of benzene rings is 1. The second-order valence-corrected chi connectivity index (χ2v) is 13.1. The van der Waals surface area contributed by atoms with Crippen molar-refractivity contribution < 1.29 is 19.4 Å². The van der Waals surface area contributed by atoms with Crippen molar-refractivity contribution in [2.75, 3.05) is 39.4 Å². The van der Waals surface area contributed by atoms with Gasteiger partial charge in [-0.15, -0.1) is 11.3 Å². The van der Waals surface area contributed by atoms with Crippen LogP contribution in [0.25, 0.3) is 0 Å². The zero-order chi connectivity index (χ0) is 26.9. The first-order valence-corrected chi connectivity index (χ1v) is 15.1. The van der Waals surface area contributed by atoms with Crippen LogP contribution in [0.3, 0.4) is 0 Å². The molecule has 1 saturated carbocycles. The lowest BCUT2D eigenvalue weighted by atomic mass is 9.53. The van der Waals surface area contributed by atoms with E-state index < -0.39 is 6.10 Å². The van der Waals surface area contributed by atoms with Crippen LogP contribution in [-0.4, -0.2) is 66.4 Å². The first-order chi connectivity index (χ1) is 18.2. The summed E-state index contributed by atoms with van der Waals surface area (Å²) in [4.78, 5) is 21.7. The number of fused-ring (bicyclic) bond motifs is 2. The van der Waals surface area contributed by atoms with E-state index in [1.54, 1.807) is 11.3 Å². The van der Waals surface area contributed by atoms with Crippen LogP contribution in [0.1, 0.15) is 55.1 Å². The number of rotatable bonds is 8. The van der Waals surface area contributed by atoms with E-state index in [0.717, 1.165) is 68.6 Å². The topological polar surface area (TPSA) is 83.9 Å². The van der Waals surface area contributed by atoms with Gasteiger partial charge in [0.1, 0.15) is 17.4 Å². The average Bonchev–Trinajstić information content (AvgIpc) is 3.30. The first kappa shape index (κ1) is 27.8. The Morgan fingerprint density at radius 3 is 2.95 bits per heavy atom. The third kappa shape index (κ3) is 5.89. The van der Waals surface area contributed by atoms with Crippen molar-refractivity contribution in [3.63, 3.8) is 0 Å². The molecule has 2 heterocycles. The molecule has 2 N–H and O–H groups in total. The summed E-state index contributed by atoms with van der Waals surface area (Å²) in [6, 6.07) is 7.41. The highest BCUT2D eigenvalue weighted by Crippen LogP contribution is 2.57. The SMILES string of the molecule is C[C@H](C(=O)NCCN1CCOCC1)C1CC[C@@]2(C)Cc3sc(COc4cccc(Cl)c4)nc3[C@@H](C)[C@@H]2[C@H]1O. The molecule has 2 aromatic rings. The number of hydrogen-bond donors (Lipinski definition) is 2. The first-order valence-electron chi connectivity index (χ1n) is 13.9. The minimum Gasteiger partial charge on any atom is -0.486 e. The van der Waals surface area contributed by atoms with Gasteiger partial charge in [-0.3, -0.25) is 9.69 Å². The smallest absolute Gasteiger partial charge is 0.223 e. The molecule has 1 unspecified atom stereocenters. The summed E-state index contributed by atoms with van der Waals surface area (Å²) in [6.45, 7) is 11.7.